The number of benzene rings is 2. The summed E-state index contributed by atoms with van der Waals surface area (Å²) < 4.78 is 5.66. The summed E-state index contributed by atoms with van der Waals surface area (Å²) in [6, 6.07) is 17.6. The molecule has 0 aliphatic carbocycles. The molecule has 5 nitrogen and oxygen atoms in total. The molecule has 1 saturated heterocycles. The van der Waals surface area contributed by atoms with Gasteiger partial charge in [0.25, 0.3) is 5.91 Å². The van der Waals surface area contributed by atoms with Crippen molar-refractivity contribution in [3.8, 4) is 5.75 Å². The highest BCUT2D eigenvalue weighted by Crippen LogP contribution is 2.35. The molecule has 2 heterocycles. The summed E-state index contributed by atoms with van der Waals surface area (Å²) in [4.78, 5) is 29.1. The number of carbonyl (C=O) groups is 2. The van der Waals surface area contributed by atoms with Crippen molar-refractivity contribution in [2.45, 2.75) is 31.9 Å². The van der Waals surface area contributed by atoms with Crippen LogP contribution in [-0.2, 0) is 9.59 Å². The Hall–Kier alpha value is -2.82. The van der Waals surface area contributed by atoms with E-state index in [4.69, 9.17) is 4.74 Å². The standard InChI is InChI=1S/C21H22N2O3/c1-15-21(25)23(18-10-5-6-12-19(18)26-15)14-20(24)22-13-7-11-17(22)16-8-3-2-4-9-16/h2-6,8-10,12,15,17H,7,11,13-14H2,1H3/t15-,17+/m1/s1. The van der Waals surface area contributed by atoms with Gasteiger partial charge in [0, 0.05) is 6.54 Å². The minimum atomic E-state index is -0.582. The average molecular weight is 350 g/mol. The molecule has 2 aliphatic rings. The van der Waals surface area contributed by atoms with Crippen LogP contribution in [0.15, 0.2) is 54.6 Å². The zero-order valence-electron chi connectivity index (χ0n) is 14.8. The predicted molar refractivity (Wildman–Crippen MR) is 99.0 cm³/mol. The summed E-state index contributed by atoms with van der Waals surface area (Å²) in [5.41, 5.74) is 1.82. The van der Waals surface area contributed by atoms with Crippen LogP contribution in [0.3, 0.4) is 0 Å². The monoisotopic (exact) mass is 350 g/mol. The Balaban J connectivity index is 1.57. The SMILES string of the molecule is C[C@H]1Oc2ccccc2N(CC(=O)N2CCC[C@H]2c2ccccc2)C1=O. The van der Waals surface area contributed by atoms with E-state index in [0.29, 0.717) is 11.4 Å². The first-order valence-electron chi connectivity index (χ1n) is 9.06. The Morgan fingerprint density at radius 3 is 2.65 bits per heavy atom. The molecule has 0 aromatic heterocycles. The summed E-state index contributed by atoms with van der Waals surface area (Å²) in [5, 5.41) is 0. The van der Waals surface area contributed by atoms with Gasteiger partial charge >= 0.3 is 0 Å². The maximum atomic E-state index is 13.1. The van der Waals surface area contributed by atoms with E-state index in [1.54, 1.807) is 11.8 Å². The van der Waals surface area contributed by atoms with Gasteiger partial charge in [-0.3, -0.25) is 14.5 Å². The van der Waals surface area contributed by atoms with Crippen molar-refractivity contribution in [1.29, 1.82) is 0 Å². The fraction of sp³-hybridized carbons (Fsp3) is 0.333. The highest BCUT2D eigenvalue weighted by molar-refractivity contribution is 6.03. The van der Waals surface area contributed by atoms with Gasteiger partial charge in [0.05, 0.1) is 11.7 Å². The topological polar surface area (TPSA) is 49.9 Å². The number of rotatable bonds is 3. The second-order valence-electron chi connectivity index (χ2n) is 6.81. The third-order valence-corrected chi connectivity index (χ3v) is 5.12. The fourth-order valence-corrected chi connectivity index (χ4v) is 3.83. The molecule has 2 amide bonds. The highest BCUT2D eigenvalue weighted by atomic mass is 16.5. The number of hydrogen-bond donors (Lipinski definition) is 0. The number of para-hydroxylation sites is 2. The Morgan fingerprint density at radius 1 is 1.12 bits per heavy atom. The summed E-state index contributed by atoms with van der Waals surface area (Å²) in [6.45, 7) is 2.50. The van der Waals surface area contributed by atoms with Gasteiger partial charge in [-0.15, -0.1) is 0 Å². The van der Waals surface area contributed by atoms with Crippen LogP contribution in [0, 0.1) is 0 Å². The number of likely N-dealkylation sites (tertiary alicyclic amines) is 1. The second kappa shape index (κ2) is 6.83. The van der Waals surface area contributed by atoms with Gasteiger partial charge in [0.1, 0.15) is 12.3 Å². The maximum absolute atomic E-state index is 13.1. The Bertz CT molecular complexity index is 821. The molecule has 0 spiro atoms. The van der Waals surface area contributed by atoms with Crippen molar-refractivity contribution in [2.24, 2.45) is 0 Å². The lowest BCUT2D eigenvalue weighted by atomic mass is 10.0. The molecule has 0 bridgehead atoms. The van der Waals surface area contributed by atoms with Crippen molar-refractivity contribution in [2.75, 3.05) is 18.0 Å². The van der Waals surface area contributed by atoms with Gasteiger partial charge < -0.3 is 9.64 Å². The van der Waals surface area contributed by atoms with Gasteiger partial charge in [0.15, 0.2) is 6.10 Å². The van der Waals surface area contributed by atoms with E-state index in [-0.39, 0.29) is 24.4 Å². The van der Waals surface area contributed by atoms with E-state index < -0.39 is 6.10 Å². The van der Waals surface area contributed by atoms with Crippen molar-refractivity contribution < 1.29 is 14.3 Å². The molecule has 2 aromatic carbocycles. The number of hydrogen-bond acceptors (Lipinski definition) is 3. The number of amides is 2. The zero-order valence-corrected chi connectivity index (χ0v) is 14.8. The second-order valence-corrected chi connectivity index (χ2v) is 6.81. The van der Waals surface area contributed by atoms with E-state index in [0.717, 1.165) is 24.9 Å². The number of anilines is 1. The summed E-state index contributed by atoms with van der Waals surface area (Å²) in [6.07, 6.45) is 1.36. The van der Waals surface area contributed by atoms with Crippen LogP contribution in [0.1, 0.15) is 31.4 Å². The Labute approximate surface area is 153 Å². The first-order valence-corrected chi connectivity index (χ1v) is 9.06. The smallest absolute Gasteiger partial charge is 0.268 e. The molecule has 2 aliphatic heterocycles. The van der Waals surface area contributed by atoms with E-state index in [9.17, 15) is 9.59 Å². The lowest BCUT2D eigenvalue weighted by Crippen LogP contribution is -2.49. The van der Waals surface area contributed by atoms with Gasteiger partial charge in [-0.2, -0.15) is 0 Å². The number of carbonyl (C=O) groups excluding carboxylic acids is 2. The Morgan fingerprint density at radius 2 is 1.85 bits per heavy atom. The van der Waals surface area contributed by atoms with Crippen LogP contribution in [0.2, 0.25) is 0 Å². The molecule has 1 fully saturated rings. The lowest BCUT2D eigenvalue weighted by Gasteiger charge is -2.34. The minimum Gasteiger partial charge on any atom is -0.479 e. The van der Waals surface area contributed by atoms with E-state index in [1.807, 2.05) is 47.4 Å². The van der Waals surface area contributed by atoms with Crippen LogP contribution >= 0.6 is 0 Å². The molecular weight excluding hydrogens is 328 g/mol. The average Bonchev–Trinajstić information content (AvgIpc) is 3.16. The highest BCUT2D eigenvalue weighted by Gasteiger charge is 2.36. The molecule has 0 unspecified atom stereocenters. The molecule has 5 heteroatoms. The van der Waals surface area contributed by atoms with Crippen molar-refractivity contribution >= 4 is 17.5 Å². The molecule has 2 aromatic rings. The van der Waals surface area contributed by atoms with Gasteiger partial charge in [-0.1, -0.05) is 42.5 Å². The third-order valence-electron chi connectivity index (χ3n) is 5.12. The van der Waals surface area contributed by atoms with E-state index >= 15 is 0 Å². The first kappa shape index (κ1) is 16.6. The molecule has 2 atom stereocenters. The zero-order chi connectivity index (χ0) is 18.1. The molecular formula is C21H22N2O3. The fourth-order valence-electron chi connectivity index (χ4n) is 3.83. The van der Waals surface area contributed by atoms with Crippen molar-refractivity contribution in [3.63, 3.8) is 0 Å². The van der Waals surface area contributed by atoms with Crippen molar-refractivity contribution in [3.05, 3.63) is 60.2 Å². The van der Waals surface area contributed by atoms with Crippen LogP contribution < -0.4 is 9.64 Å². The molecule has 4 rings (SSSR count). The largest absolute Gasteiger partial charge is 0.479 e. The van der Waals surface area contributed by atoms with E-state index in [2.05, 4.69) is 12.1 Å². The predicted octanol–water partition coefficient (Wildman–Crippen LogP) is 3.16. The van der Waals surface area contributed by atoms with Crippen LogP contribution in [0.25, 0.3) is 0 Å². The maximum Gasteiger partial charge on any atom is 0.268 e. The number of fused-ring (bicyclic) bond motifs is 1. The normalized spacial score (nSPS) is 22.1. The van der Waals surface area contributed by atoms with Crippen LogP contribution in [0.5, 0.6) is 5.75 Å². The summed E-state index contributed by atoms with van der Waals surface area (Å²) in [5.74, 6) is 0.453. The number of nitrogens with zero attached hydrogens (tertiary/aromatic N) is 2. The lowest BCUT2D eigenvalue weighted by molar-refractivity contribution is -0.133. The molecule has 0 N–H and O–H groups in total. The molecule has 26 heavy (non-hydrogen) atoms. The molecule has 0 radical (unpaired) electrons. The van der Waals surface area contributed by atoms with Crippen molar-refractivity contribution in [1.82, 2.24) is 4.90 Å². The van der Waals surface area contributed by atoms with Crippen LogP contribution in [0.4, 0.5) is 5.69 Å². The quantitative estimate of drug-likeness (QED) is 0.854. The first-order chi connectivity index (χ1) is 12.6. The van der Waals surface area contributed by atoms with Gasteiger partial charge in [-0.25, -0.2) is 0 Å². The molecule has 134 valence electrons. The van der Waals surface area contributed by atoms with Gasteiger partial charge in [-0.05, 0) is 37.5 Å². The number of ether oxygens (including phenoxy) is 1. The minimum absolute atomic E-state index is 0.0198. The summed E-state index contributed by atoms with van der Waals surface area (Å²) >= 11 is 0. The van der Waals surface area contributed by atoms with E-state index in [1.165, 1.54) is 0 Å². The summed E-state index contributed by atoms with van der Waals surface area (Å²) in [7, 11) is 0. The van der Waals surface area contributed by atoms with Crippen LogP contribution in [-0.4, -0.2) is 35.9 Å². The Kier molecular flexibility index (Phi) is 4.37. The van der Waals surface area contributed by atoms with Gasteiger partial charge in [0.2, 0.25) is 5.91 Å². The third kappa shape index (κ3) is 2.94. The molecule has 0 saturated carbocycles.